The van der Waals surface area contributed by atoms with E-state index in [4.69, 9.17) is 25.8 Å². The van der Waals surface area contributed by atoms with Crippen LogP contribution in [0.4, 0.5) is 0 Å². The van der Waals surface area contributed by atoms with E-state index in [0.29, 0.717) is 41.8 Å². The molecule has 2 aliphatic rings. The zero-order valence-corrected chi connectivity index (χ0v) is 33.5. The monoisotopic (exact) mass is 778 g/mol. The molecule has 0 radical (unpaired) electrons. The Labute approximate surface area is 334 Å². The Balaban J connectivity index is 1.13. The molecule has 0 bridgehead atoms. The van der Waals surface area contributed by atoms with Crippen molar-refractivity contribution < 1.29 is 23.8 Å². The van der Waals surface area contributed by atoms with E-state index in [1.807, 2.05) is 30.3 Å². The highest BCUT2D eigenvalue weighted by molar-refractivity contribution is 6.32. The van der Waals surface area contributed by atoms with Gasteiger partial charge in [-0.3, -0.25) is 19.5 Å². The number of benzene rings is 3. The van der Waals surface area contributed by atoms with Crippen molar-refractivity contribution in [3.8, 4) is 34.4 Å². The molecule has 11 nitrogen and oxygen atoms in total. The fraction of sp³-hybridized carbons (Fsp3) is 0.409. The van der Waals surface area contributed by atoms with Crippen LogP contribution in [0.3, 0.4) is 0 Å². The second kappa shape index (κ2) is 19.1. The molecule has 3 heterocycles. The van der Waals surface area contributed by atoms with Crippen LogP contribution in [0.25, 0.3) is 11.1 Å². The van der Waals surface area contributed by atoms with Crippen LogP contribution < -0.4 is 24.8 Å². The van der Waals surface area contributed by atoms with E-state index in [2.05, 4.69) is 63.5 Å². The number of hydrogen-bond acceptors (Lipinski definition) is 9. The van der Waals surface area contributed by atoms with Crippen molar-refractivity contribution in [2.24, 2.45) is 0 Å². The highest BCUT2D eigenvalue weighted by atomic mass is 35.5. The Morgan fingerprint density at radius 3 is 2.23 bits per heavy atom. The standard InChI is InChI=1S/C44H51ClN6O5/c1-29-35(8-5-9-39(29)40-10-6-11-42(30(40)2)54-17-7-14-50-15-12-37(25-50)48-31(3)52)28-56-44-20-43(55-27-34-18-33(21-46)22-47-23-34)36(19-41(44)45)24-51-16-13-38(26-51)49-32(4)53/h5-6,8-11,18-20,22-23,37-38H,7,12-17,24-28H2,1-4H3,(H,48,52)(H,49,53)/t37-,38?/m1/s1. The van der Waals surface area contributed by atoms with Crippen LogP contribution in [-0.2, 0) is 29.3 Å². The SMILES string of the molecule is CC(=O)NC1CCN(Cc2cc(Cl)c(OCc3cccc(-c4cccc(OCCCN5CC[C@@H](NC(C)=O)C5)c4C)c3C)cc2OCc2cncc(C#N)c2)C1. The normalized spacial score (nSPS) is 17.0. The lowest BCUT2D eigenvalue weighted by molar-refractivity contribution is -0.120. The number of likely N-dealkylation sites (tertiary alicyclic amines) is 2. The van der Waals surface area contributed by atoms with Crippen molar-refractivity contribution in [1.82, 2.24) is 25.4 Å². The second-order valence-corrected chi connectivity index (χ2v) is 15.2. The number of halogens is 1. The number of hydrogen-bond donors (Lipinski definition) is 2. The van der Waals surface area contributed by atoms with Gasteiger partial charge >= 0.3 is 0 Å². The van der Waals surface area contributed by atoms with E-state index in [-0.39, 0.29) is 30.5 Å². The number of nitrogens with zero attached hydrogens (tertiary/aromatic N) is 4. The number of ether oxygens (including phenoxy) is 3. The average Bonchev–Trinajstić information content (AvgIpc) is 3.81. The van der Waals surface area contributed by atoms with Gasteiger partial charge in [-0.15, -0.1) is 0 Å². The third-order valence-electron chi connectivity index (χ3n) is 10.5. The molecule has 56 heavy (non-hydrogen) atoms. The van der Waals surface area contributed by atoms with E-state index < -0.39 is 0 Å². The molecule has 1 unspecified atom stereocenters. The maximum atomic E-state index is 11.7. The molecule has 4 aromatic rings. The zero-order chi connectivity index (χ0) is 39.6. The highest BCUT2D eigenvalue weighted by Gasteiger charge is 2.25. The van der Waals surface area contributed by atoms with E-state index in [1.165, 1.54) is 6.20 Å². The van der Waals surface area contributed by atoms with Crippen LogP contribution in [0.15, 0.2) is 67.0 Å². The molecule has 2 aliphatic heterocycles. The molecule has 6 rings (SSSR count). The van der Waals surface area contributed by atoms with Gasteiger partial charge in [0, 0.05) is 94.8 Å². The molecule has 12 heteroatoms. The minimum atomic E-state index is -0.0307. The predicted octanol–water partition coefficient (Wildman–Crippen LogP) is 6.74. The molecule has 0 aliphatic carbocycles. The van der Waals surface area contributed by atoms with Crippen LogP contribution in [0.2, 0.25) is 5.02 Å². The summed E-state index contributed by atoms with van der Waals surface area (Å²) in [5.41, 5.74) is 7.57. The largest absolute Gasteiger partial charge is 0.493 e. The first kappa shape index (κ1) is 40.5. The Kier molecular flexibility index (Phi) is 13.8. The Morgan fingerprint density at radius 2 is 1.50 bits per heavy atom. The lowest BCUT2D eigenvalue weighted by Gasteiger charge is -2.21. The van der Waals surface area contributed by atoms with Crippen LogP contribution in [-0.4, -0.2) is 78.0 Å². The van der Waals surface area contributed by atoms with Gasteiger partial charge in [-0.2, -0.15) is 5.26 Å². The Hall–Kier alpha value is -5.15. The van der Waals surface area contributed by atoms with E-state index in [1.54, 1.807) is 26.1 Å². The number of carbonyl (C=O) groups excluding carboxylic acids is 2. The molecule has 294 valence electrons. The first-order chi connectivity index (χ1) is 27.1. The van der Waals surface area contributed by atoms with Gasteiger partial charge in [0.1, 0.15) is 36.5 Å². The quantitative estimate of drug-likeness (QED) is 0.119. The van der Waals surface area contributed by atoms with Crippen molar-refractivity contribution in [2.45, 2.75) is 78.8 Å². The number of pyridine rings is 1. The minimum absolute atomic E-state index is 0.0298. The maximum absolute atomic E-state index is 11.7. The third kappa shape index (κ3) is 10.8. The summed E-state index contributed by atoms with van der Waals surface area (Å²) in [7, 11) is 0. The summed E-state index contributed by atoms with van der Waals surface area (Å²) < 4.78 is 19.1. The van der Waals surface area contributed by atoms with Gasteiger partial charge in [-0.25, -0.2) is 0 Å². The van der Waals surface area contributed by atoms with Crippen molar-refractivity contribution in [3.05, 3.63) is 105 Å². The zero-order valence-electron chi connectivity index (χ0n) is 32.7. The molecular weight excluding hydrogens is 728 g/mol. The van der Waals surface area contributed by atoms with E-state index >= 15 is 0 Å². The second-order valence-electron chi connectivity index (χ2n) is 14.8. The minimum Gasteiger partial charge on any atom is -0.493 e. The molecule has 2 N–H and O–H groups in total. The van der Waals surface area contributed by atoms with Gasteiger partial charge in [0.2, 0.25) is 11.8 Å². The van der Waals surface area contributed by atoms with E-state index in [9.17, 15) is 14.9 Å². The summed E-state index contributed by atoms with van der Waals surface area (Å²) in [5, 5.41) is 15.9. The molecule has 0 saturated carbocycles. The van der Waals surface area contributed by atoms with Crippen molar-refractivity contribution in [1.29, 1.82) is 5.26 Å². The number of carbonyl (C=O) groups is 2. The maximum Gasteiger partial charge on any atom is 0.217 e. The van der Waals surface area contributed by atoms with Gasteiger partial charge in [-0.05, 0) is 79.1 Å². The summed E-state index contributed by atoms with van der Waals surface area (Å²) >= 11 is 6.89. The predicted molar refractivity (Wildman–Crippen MR) is 217 cm³/mol. The topological polar surface area (TPSA) is 129 Å². The summed E-state index contributed by atoms with van der Waals surface area (Å²) in [4.78, 5) is 31.9. The lowest BCUT2D eigenvalue weighted by atomic mass is 9.93. The number of nitriles is 1. The van der Waals surface area contributed by atoms with E-state index in [0.717, 1.165) is 96.7 Å². The first-order valence-electron chi connectivity index (χ1n) is 19.3. The van der Waals surface area contributed by atoms with Crippen molar-refractivity contribution >= 4 is 23.4 Å². The smallest absolute Gasteiger partial charge is 0.217 e. The fourth-order valence-corrected chi connectivity index (χ4v) is 7.86. The Bertz CT molecular complexity index is 2070. The first-order valence-corrected chi connectivity index (χ1v) is 19.7. The molecule has 2 amide bonds. The van der Waals surface area contributed by atoms with Crippen molar-refractivity contribution in [3.63, 3.8) is 0 Å². The van der Waals surface area contributed by atoms with Gasteiger partial charge in [0.15, 0.2) is 0 Å². The van der Waals surface area contributed by atoms with Gasteiger partial charge in [0.05, 0.1) is 17.2 Å². The van der Waals surface area contributed by atoms with Crippen LogP contribution in [0, 0.1) is 25.2 Å². The van der Waals surface area contributed by atoms with Crippen LogP contribution in [0.1, 0.15) is 66.5 Å². The Morgan fingerprint density at radius 1 is 0.821 bits per heavy atom. The van der Waals surface area contributed by atoms with Crippen LogP contribution in [0.5, 0.6) is 17.2 Å². The van der Waals surface area contributed by atoms with Crippen LogP contribution >= 0.6 is 11.6 Å². The number of aromatic nitrogens is 1. The van der Waals surface area contributed by atoms with Crippen molar-refractivity contribution in [2.75, 3.05) is 39.3 Å². The third-order valence-corrected chi connectivity index (χ3v) is 10.8. The molecule has 0 spiro atoms. The molecule has 3 aromatic carbocycles. The summed E-state index contributed by atoms with van der Waals surface area (Å²) in [6.07, 6.45) is 5.97. The average molecular weight is 779 g/mol. The lowest BCUT2D eigenvalue weighted by Crippen LogP contribution is -2.35. The summed E-state index contributed by atoms with van der Waals surface area (Å²) in [6.45, 7) is 13.4. The molecule has 1 aromatic heterocycles. The van der Waals surface area contributed by atoms with Gasteiger partial charge in [0.25, 0.3) is 0 Å². The summed E-state index contributed by atoms with van der Waals surface area (Å²) in [5.74, 6) is 2.00. The number of amides is 2. The number of rotatable bonds is 16. The summed E-state index contributed by atoms with van der Waals surface area (Å²) in [6, 6.07) is 20.4. The fourth-order valence-electron chi connectivity index (χ4n) is 7.62. The number of nitrogens with one attached hydrogen (secondary N) is 2. The molecule has 2 atom stereocenters. The molecule has 2 saturated heterocycles. The molecule has 2 fully saturated rings. The molecular formula is C44H51ClN6O5. The highest BCUT2D eigenvalue weighted by Crippen LogP contribution is 2.37. The van der Waals surface area contributed by atoms with Gasteiger partial charge < -0.3 is 29.7 Å². The van der Waals surface area contributed by atoms with Gasteiger partial charge in [-0.1, -0.05) is 41.9 Å².